The van der Waals surface area contributed by atoms with Gasteiger partial charge >= 0.3 is 12.1 Å². The van der Waals surface area contributed by atoms with Gasteiger partial charge in [-0.05, 0) is 18.8 Å². The Balaban J connectivity index is 2.71. The number of alkyl halides is 4. The van der Waals surface area contributed by atoms with Gasteiger partial charge in [0.05, 0.1) is 0 Å². The molecule has 2 unspecified atom stereocenters. The second kappa shape index (κ2) is 7.44. The molecular weight excluding hydrogens is 428 g/mol. The van der Waals surface area contributed by atoms with Gasteiger partial charge in [-0.2, -0.15) is 21.6 Å². The third-order valence-electron chi connectivity index (χ3n) is 3.27. The Labute approximate surface area is 134 Å². The molecule has 0 saturated heterocycles. The maximum Gasteiger partial charge on any atom is 0.426 e. The zero-order chi connectivity index (χ0) is 16.3. The highest BCUT2D eigenvalue weighted by atomic mass is 127. The molecule has 1 saturated carbocycles. The van der Waals surface area contributed by atoms with Crippen molar-refractivity contribution in [1.82, 2.24) is 0 Å². The maximum atomic E-state index is 12.7. The molecule has 0 aromatic rings. The van der Waals surface area contributed by atoms with Crippen LogP contribution in [0.3, 0.4) is 0 Å². The fraction of sp³-hybridized carbons (Fsp3) is 0.909. The van der Waals surface area contributed by atoms with Gasteiger partial charge in [-0.25, -0.2) is 0 Å². The summed E-state index contributed by atoms with van der Waals surface area (Å²) in [6.07, 6.45) is -3.58. The van der Waals surface area contributed by atoms with E-state index in [9.17, 15) is 26.4 Å². The molecule has 10 heteroatoms. The normalized spacial score (nSPS) is 20.8. The number of halogens is 4. The summed E-state index contributed by atoms with van der Waals surface area (Å²) in [5.74, 6) is -2.84. The van der Waals surface area contributed by atoms with E-state index in [-0.39, 0.29) is 5.92 Å². The summed E-state index contributed by atoms with van der Waals surface area (Å²) in [4.78, 5) is 11.8. The molecule has 0 heterocycles. The highest BCUT2D eigenvalue weighted by Gasteiger charge is 2.46. The zero-order valence-corrected chi connectivity index (χ0v) is 13.9. The molecule has 1 aliphatic carbocycles. The molecule has 0 bridgehead atoms. The van der Waals surface area contributed by atoms with Crippen molar-refractivity contribution in [2.24, 2.45) is 5.92 Å². The third kappa shape index (κ3) is 6.68. The first-order valence-corrected chi connectivity index (χ1v) is 9.22. The van der Waals surface area contributed by atoms with Crippen LogP contribution >= 0.6 is 22.6 Å². The van der Waals surface area contributed by atoms with E-state index in [1.165, 1.54) is 0 Å². The lowest BCUT2D eigenvalue weighted by molar-refractivity contribution is -0.215. The van der Waals surface area contributed by atoms with Crippen molar-refractivity contribution in [2.75, 3.05) is 5.75 Å². The lowest BCUT2D eigenvalue weighted by Crippen LogP contribution is -2.42. The van der Waals surface area contributed by atoms with Crippen molar-refractivity contribution in [3.8, 4) is 0 Å². The second-order valence-electron chi connectivity index (χ2n) is 5.02. The molecule has 1 fully saturated rings. The van der Waals surface area contributed by atoms with Crippen LogP contribution < -0.4 is 0 Å². The lowest BCUT2D eigenvalue weighted by atomic mass is 9.87. The van der Waals surface area contributed by atoms with Crippen molar-refractivity contribution in [3.05, 3.63) is 0 Å². The summed E-state index contributed by atoms with van der Waals surface area (Å²) in [5.41, 5.74) is 0. The van der Waals surface area contributed by atoms with Crippen LogP contribution in [0.15, 0.2) is 0 Å². The number of carbonyl (C=O) groups is 1. The number of rotatable bonds is 5. The fourth-order valence-electron chi connectivity index (χ4n) is 2.21. The summed E-state index contributed by atoms with van der Waals surface area (Å²) in [6, 6.07) is 0. The second-order valence-corrected chi connectivity index (χ2v) is 7.85. The molecule has 0 aromatic carbocycles. The number of hydrogen-bond donors (Lipinski definition) is 1. The fourth-order valence-corrected chi connectivity index (χ4v) is 3.72. The molecule has 1 aliphatic rings. The van der Waals surface area contributed by atoms with Crippen molar-refractivity contribution < 1.29 is 35.7 Å². The van der Waals surface area contributed by atoms with Crippen LogP contribution in [0.25, 0.3) is 0 Å². The van der Waals surface area contributed by atoms with Gasteiger partial charge in [-0.3, -0.25) is 9.35 Å². The van der Waals surface area contributed by atoms with E-state index in [4.69, 9.17) is 4.55 Å². The number of esters is 1. The van der Waals surface area contributed by atoms with E-state index < -0.39 is 38.0 Å². The van der Waals surface area contributed by atoms with Crippen molar-refractivity contribution >= 4 is 38.7 Å². The Bertz CT molecular complexity index is 459. The monoisotopic (exact) mass is 444 g/mol. The van der Waals surface area contributed by atoms with Crippen molar-refractivity contribution in [2.45, 2.75) is 48.3 Å². The van der Waals surface area contributed by atoms with Crippen LogP contribution in [0.1, 0.15) is 32.1 Å². The summed E-state index contributed by atoms with van der Waals surface area (Å²) in [7, 11) is -4.90. The summed E-state index contributed by atoms with van der Waals surface area (Å²) in [5, 5.41) is 0. The molecule has 0 aromatic heterocycles. The first kappa shape index (κ1) is 18.9. The van der Waals surface area contributed by atoms with E-state index in [0.29, 0.717) is 0 Å². The molecule has 1 N–H and O–H groups in total. The topological polar surface area (TPSA) is 80.7 Å². The first-order valence-electron chi connectivity index (χ1n) is 6.37. The van der Waals surface area contributed by atoms with Gasteiger partial charge in [0.2, 0.25) is 6.10 Å². The maximum absolute atomic E-state index is 12.7. The molecule has 124 valence electrons. The van der Waals surface area contributed by atoms with Gasteiger partial charge in [0, 0.05) is 0 Å². The minimum atomic E-state index is -5.05. The van der Waals surface area contributed by atoms with E-state index in [0.717, 1.165) is 32.1 Å². The summed E-state index contributed by atoms with van der Waals surface area (Å²) in [6.45, 7) is 0. The highest BCUT2D eigenvalue weighted by molar-refractivity contribution is 14.1. The zero-order valence-electron chi connectivity index (χ0n) is 11.0. The van der Waals surface area contributed by atoms with Gasteiger partial charge in [-0.15, -0.1) is 0 Å². The molecule has 0 aliphatic heterocycles. The van der Waals surface area contributed by atoms with Gasteiger partial charge in [0.25, 0.3) is 10.1 Å². The number of hydrogen-bond acceptors (Lipinski definition) is 4. The highest BCUT2D eigenvalue weighted by Crippen LogP contribution is 2.32. The molecule has 21 heavy (non-hydrogen) atoms. The predicted octanol–water partition coefficient (Wildman–Crippen LogP) is 2.73. The predicted molar refractivity (Wildman–Crippen MR) is 76.7 cm³/mol. The molecule has 0 spiro atoms. The lowest BCUT2D eigenvalue weighted by Gasteiger charge is -2.27. The molecule has 0 amide bonds. The quantitative estimate of drug-likeness (QED) is 0.305. The average molecular weight is 444 g/mol. The number of ether oxygens (including phenoxy) is 1. The third-order valence-corrected chi connectivity index (χ3v) is 5.52. The molecular formula is C11H16F3IO5S. The first-order chi connectivity index (χ1) is 9.50. The van der Waals surface area contributed by atoms with Crippen LogP contribution in [0.4, 0.5) is 13.2 Å². The smallest absolute Gasteiger partial charge is 0.426 e. The minimum Gasteiger partial charge on any atom is -0.451 e. The van der Waals surface area contributed by atoms with Crippen molar-refractivity contribution in [3.63, 3.8) is 0 Å². The standard InChI is InChI=1S/C11H16F3IO5S/c12-11(13,14)8(6-21(17,18)19)20-10(16)9(15)7-4-2-1-3-5-7/h7-9H,1-6H2,(H,17,18,19). The van der Waals surface area contributed by atoms with E-state index >= 15 is 0 Å². The average Bonchev–Trinajstić information content (AvgIpc) is 2.35. The summed E-state index contributed by atoms with van der Waals surface area (Å²) < 4.78 is 71.3. The Morgan fingerprint density at radius 3 is 2.24 bits per heavy atom. The molecule has 0 radical (unpaired) electrons. The molecule has 2 atom stereocenters. The minimum absolute atomic E-state index is 0.0635. The van der Waals surface area contributed by atoms with E-state index in [1.807, 2.05) is 0 Å². The Kier molecular flexibility index (Phi) is 6.72. The van der Waals surface area contributed by atoms with Crippen molar-refractivity contribution in [1.29, 1.82) is 0 Å². The Morgan fingerprint density at radius 1 is 1.29 bits per heavy atom. The van der Waals surface area contributed by atoms with Crippen LogP contribution in [0.2, 0.25) is 0 Å². The van der Waals surface area contributed by atoms with Gasteiger partial charge in [-0.1, -0.05) is 41.9 Å². The molecule has 5 nitrogen and oxygen atoms in total. The van der Waals surface area contributed by atoms with Gasteiger partial charge in [0.15, 0.2) is 0 Å². The SMILES string of the molecule is O=C(OC(CS(=O)(=O)O)C(F)(F)F)C(I)C1CCCCC1. The van der Waals surface area contributed by atoms with Crippen LogP contribution in [-0.4, -0.2) is 40.9 Å². The van der Waals surface area contributed by atoms with E-state index in [1.54, 1.807) is 22.6 Å². The summed E-state index contributed by atoms with van der Waals surface area (Å²) >= 11 is 1.73. The van der Waals surface area contributed by atoms with Gasteiger partial charge in [0.1, 0.15) is 9.68 Å². The van der Waals surface area contributed by atoms with E-state index in [2.05, 4.69) is 4.74 Å². The van der Waals surface area contributed by atoms with Crippen LogP contribution in [-0.2, 0) is 19.6 Å². The Hall–Kier alpha value is -0.100. The van der Waals surface area contributed by atoms with Gasteiger partial charge < -0.3 is 4.74 Å². The van der Waals surface area contributed by atoms with Crippen LogP contribution in [0, 0.1) is 5.92 Å². The molecule has 1 rings (SSSR count). The van der Waals surface area contributed by atoms with Crippen LogP contribution in [0.5, 0.6) is 0 Å². The number of carbonyl (C=O) groups excluding carboxylic acids is 1. The largest absolute Gasteiger partial charge is 0.451 e. The Morgan fingerprint density at radius 2 is 1.81 bits per heavy atom.